The molecule has 0 spiro atoms. The van der Waals surface area contributed by atoms with Crippen LogP contribution in [0.4, 0.5) is 0 Å². The molecule has 112 valence electrons. The van der Waals surface area contributed by atoms with Crippen LogP contribution in [0.1, 0.15) is 31.4 Å². The lowest BCUT2D eigenvalue weighted by Crippen LogP contribution is -2.50. The van der Waals surface area contributed by atoms with Gasteiger partial charge in [0.15, 0.2) is 0 Å². The van der Waals surface area contributed by atoms with Gasteiger partial charge in [0.05, 0.1) is 0 Å². The third-order valence-corrected chi connectivity index (χ3v) is 4.41. The fourth-order valence-corrected chi connectivity index (χ4v) is 2.98. The molecule has 1 unspecified atom stereocenters. The topological polar surface area (TPSA) is 18.5 Å². The van der Waals surface area contributed by atoms with Crippen molar-refractivity contribution in [3.63, 3.8) is 0 Å². The molecular formula is C17H29N3. The van der Waals surface area contributed by atoms with Crippen molar-refractivity contribution in [3.05, 3.63) is 35.4 Å². The molecule has 1 aromatic carbocycles. The van der Waals surface area contributed by atoms with Crippen molar-refractivity contribution in [3.8, 4) is 0 Å². The SMILES string of the molecule is CCNCc1ccccc1CN1CCN(C)C(CC)C1. The lowest BCUT2D eigenvalue weighted by molar-refractivity contribution is 0.0882. The second-order valence-electron chi connectivity index (χ2n) is 5.83. The molecule has 0 radical (unpaired) electrons. The molecule has 1 N–H and O–H groups in total. The van der Waals surface area contributed by atoms with Crippen molar-refractivity contribution in [2.45, 2.75) is 39.4 Å². The van der Waals surface area contributed by atoms with E-state index in [9.17, 15) is 0 Å². The first-order chi connectivity index (χ1) is 9.74. The molecule has 1 saturated heterocycles. The highest BCUT2D eigenvalue weighted by atomic mass is 15.3. The molecule has 0 aromatic heterocycles. The van der Waals surface area contributed by atoms with Crippen LogP contribution in [0.15, 0.2) is 24.3 Å². The number of hydrogen-bond acceptors (Lipinski definition) is 3. The lowest BCUT2D eigenvalue weighted by atomic mass is 10.0. The summed E-state index contributed by atoms with van der Waals surface area (Å²) in [6.45, 7) is 11.1. The molecule has 0 amide bonds. The normalized spacial score (nSPS) is 21.2. The van der Waals surface area contributed by atoms with Crippen LogP contribution in [0.5, 0.6) is 0 Å². The molecule has 1 aromatic rings. The van der Waals surface area contributed by atoms with E-state index in [4.69, 9.17) is 0 Å². The number of hydrogen-bond donors (Lipinski definition) is 1. The Morgan fingerprint density at radius 3 is 2.60 bits per heavy atom. The average Bonchev–Trinajstić information content (AvgIpc) is 2.48. The van der Waals surface area contributed by atoms with Crippen LogP contribution in [0.2, 0.25) is 0 Å². The first kappa shape index (κ1) is 15.5. The second-order valence-corrected chi connectivity index (χ2v) is 5.83. The van der Waals surface area contributed by atoms with E-state index in [2.05, 4.69) is 60.3 Å². The van der Waals surface area contributed by atoms with Gasteiger partial charge < -0.3 is 10.2 Å². The van der Waals surface area contributed by atoms with Crippen molar-refractivity contribution in [1.82, 2.24) is 15.1 Å². The van der Waals surface area contributed by atoms with Crippen LogP contribution in [-0.4, -0.2) is 49.1 Å². The van der Waals surface area contributed by atoms with Crippen LogP contribution in [0.25, 0.3) is 0 Å². The van der Waals surface area contributed by atoms with Crippen molar-refractivity contribution >= 4 is 0 Å². The van der Waals surface area contributed by atoms with Gasteiger partial charge in [0.2, 0.25) is 0 Å². The summed E-state index contributed by atoms with van der Waals surface area (Å²) in [7, 11) is 2.25. The first-order valence-corrected chi connectivity index (χ1v) is 7.94. The number of likely N-dealkylation sites (N-methyl/N-ethyl adjacent to an activating group) is 1. The van der Waals surface area contributed by atoms with Crippen LogP contribution >= 0.6 is 0 Å². The third-order valence-electron chi connectivity index (χ3n) is 4.41. The van der Waals surface area contributed by atoms with Gasteiger partial charge >= 0.3 is 0 Å². The summed E-state index contributed by atoms with van der Waals surface area (Å²) in [6.07, 6.45) is 1.24. The van der Waals surface area contributed by atoms with Crippen molar-refractivity contribution < 1.29 is 0 Å². The van der Waals surface area contributed by atoms with Crippen molar-refractivity contribution in [2.75, 3.05) is 33.2 Å². The van der Waals surface area contributed by atoms with E-state index in [1.54, 1.807) is 0 Å². The molecule has 0 aliphatic carbocycles. The molecule has 2 rings (SSSR count). The summed E-state index contributed by atoms with van der Waals surface area (Å²) in [5, 5.41) is 3.44. The Bertz CT molecular complexity index is 405. The molecule has 3 nitrogen and oxygen atoms in total. The van der Waals surface area contributed by atoms with E-state index in [-0.39, 0.29) is 0 Å². The summed E-state index contributed by atoms with van der Waals surface area (Å²) in [6, 6.07) is 9.56. The Hall–Kier alpha value is -0.900. The molecule has 20 heavy (non-hydrogen) atoms. The highest BCUT2D eigenvalue weighted by molar-refractivity contribution is 5.27. The quantitative estimate of drug-likeness (QED) is 0.859. The smallest absolute Gasteiger partial charge is 0.0238 e. The van der Waals surface area contributed by atoms with Gasteiger partial charge in [0, 0.05) is 38.8 Å². The van der Waals surface area contributed by atoms with E-state index < -0.39 is 0 Å². The van der Waals surface area contributed by atoms with E-state index in [0.717, 1.165) is 19.6 Å². The zero-order valence-corrected chi connectivity index (χ0v) is 13.2. The van der Waals surface area contributed by atoms with E-state index in [1.807, 2.05) is 0 Å². The molecule has 1 aliphatic rings. The Kier molecular flexibility index (Phi) is 6.02. The fourth-order valence-electron chi connectivity index (χ4n) is 2.98. The summed E-state index contributed by atoms with van der Waals surface area (Å²) in [5.41, 5.74) is 2.93. The van der Waals surface area contributed by atoms with Gasteiger partial charge in [-0.2, -0.15) is 0 Å². The molecule has 1 heterocycles. The Labute approximate surface area is 124 Å². The maximum atomic E-state index is 3.44. The van der Waals surface area contributed by atoms with Crippen LogP contribution < -0.4 is 5.32 Å². The van der Waals surface area contributed by atoms with Gasteiger partial charge in [0.1, 0.15) is 0 Å². The molecule has 0 saturated carbocycles. The number of nitrogens with zero attached hydrogens (tertiary/aromatic N) is 2. The van der Waals surface area contributed by atoms with Gasteiger partial charge in [0.25, 0.3) is 0 Å². The summed E-state index contributed by atoms with van der Waals surface area (Å²) < 4.78 is 0. The molecule has 1 atom stereocenters. The standard InChI is InChI=1S/C17H29N3/c1-4-17-14-20(11-10-19(17)3)13-16-9-7-6-8-15(16)12-18-5-2/h6-9,17-18H,4-5,10-14H2,1-3H3. The van der Waals surface area contributed by atoms with Gasteiger partial charge in [-0.05, 0) is 31.1 Å². The van der Waals surface area contributed by atoms with Crippen LogP contribution in [-0.2, 0) is 13.1 Å². The predicted octanol–water partition coefficient (Wildman–Crippen LogP) is 2.32. The Morgan fingerprint density at radius 2 is 1.90 bits per heavy atom. The molecular weight excluding hydrogens is 246 g/mol. The highest BCUT2D eigenvalue weighted by Crippen LogP contribution is 2.16. The first-order valence-electron chi connectivity index (χ1n) is 7.94. The second kappa shape index (κ2) is 7.77. The zero-order chi connectivity index (χ0) is 14.4. The molecule has 1 aliphatic heterocycles. The summed E-state index contributed by atoms with van der Waals surface area (Å²) in [4.78, 5) is 5.11. The van der Waals surface area contributed by atoms with Crippen LogP contribution in [0, 0.1) is 0 Å². The highest BCUT2D eigenvalue weighted by Gasteiger charge is 2.23. The minimum atomic E-state index is 0.713. The monoisotopic (exact) mass is 275 g/mol. The maximum Gasteiger partial charge on any atom is 0.0238 e. The zero-order valence-electron chi connectivity index (χ0n) is 13.2. The van der Waals surface area contributed by atoms with Crippen LogP contribution in [0.3, 0.4) is 0 Å². The van der Waals surface area contributed by atoms with Crippen molar-refractivity contribution in [1.29, 1.82) is 0 Å². The number of rotatable bonds is 6. The minimum absolute atomic E-state index is 0.713. The summed E-state index contributed by atoms with van der Waals surface area (Å²) >= 11 is 0. The van der Waals surface area contributed by atoms with Crippen molar-refractivity contribution in [2.24, 2.45) is 0 Å². The predicted molar refractivity (Wildman–Crippen MR) is 85.8 cm³/mol. The van der Waals surface area contributed by atoms with Gasteiger partial charge in [-0.25, -0.2) is 0 Å². The average molecular weight is 275 g/mol. The fraction of sp³-hybridized carbons (Fsp3) is 0.647. The van der Waals surface area contributed by atoms with Gasteiger partial charge in [-0.1, -0.05) is 38.1 Å². The largest absolute Gasteiger partial charge is 0.313 e. The number of piperazine rings is 1. The van der Waals surface area contributed by atoms with Gasteiger partial charge in [-0.3, -0.25) is 4.90 Å². The maximum absolute atomic E-state index is 3.44. The number of benzene rings is 1. The van der Waals surface area contributed by atoms with E-state index >= 15 is 0 Å². The molecule has 0 bridgehead atoms. The third kappa shape index (κ3) is 4.05. The molecule has 1 fully saturated rings. The lowest BCUT2D eigenvalue weighted by Gasteiger charge is -2.39. The van der Waals surface area contributed by atoms with Gasteiger partial charge in [-0.15, -0.1) is 0 Å². The minimum Gasteiger partial charge on any atom is -0.313 e. The Morgan fingerprint density at radius 1 is 1.15 bits per heavy atom. The van der Waals surface area contributed by atoms with E-state index in [0.29, 0.717) is 6.04 Å². The summed E-state index contributed by atoms with van der Waals surface area (Å²) in [5.74, 6) is 0. The van der Waals surface area contributed by atoms with E-state index in [1.165, 1.54) is 37.2 Å². The Balaban J connectivity index is 1.99. The number of nitrogens with one attached hydrogen (secondary N) is 1. The molecule has 3 heteroatoms.